The van der Waals surface area contributed by atoms with E-state index in [1.807, 2.05) is 17.5 Å². The molecular formula is C11H16BrN5. The quantitative estimate of drug-likeness (QED) is 0.861. The van der Waals surface area contributed by atoms with Crippen LogP contribution in [0.1, 0.15) is 25.6 Å². The summed E-state index contributed by atoms with van der Waals surface area (Å²) in [6, 6.07) is 0. The Morgan fingerprint density at radius 3 is 3.06 bits per heavy atom. The molecule has 2 heterocycles. The molecule has 0 saturated heterocycles. The van der Waals surface area contributed by atoms with Crippen LogP contribution in [-0.2, 0) is 0 Å². The van der Waals surface area contributed by atoms with E-state index in [2.05, 4.69) is 43.4 Å². The molecule has 2 aromatic heterocycles. The standard InChI is InChI=1S/C11H16BrN5/c1-3-9(12)4-5-13-10-11-16-15-8(2)17(11)7-6-14-10/h6-7,9H,3-5H2,1-2H3,(H,13,14). The summed E-state index contributed by atoms with van der Waals surface area (Å²) in [5.41, 5.74) is 0.785. The number of aryl methyl sites for hydroxylation is 1. The maximum atomic E-state index is 4.29. The first-order valence-corrected chi connectivity index (χ1v) is 6.68. The van der Waals surface area contributed by atoms with Crippen LogP contribution in [0.2, 0.25) is 0 Å². The van der Waals surface area contributed by atoms with Crippen molar-refractivity contribution in [3.8, 4) is 0 Å². The molecule has 0 aliphatic heterocycles. The van der Waals surface area contributed by atoms with Crippen molar-refractivity contribution < 1.29 is 0 Å². The maximum absolute atomic E-state index is 4.29. The van der Waals surface area contributed by atoms with Crippen molar-refractivity contribution in [2.45, 2.75) is 31.5 Å². The van der Waals surface area contributed by atoms with Crippen molar-refractivity contribution in [1.82, 2.24) is 19.6 Å². The lowest BCUT2D eigenvalue weighted by Gasteiger charge is -2.08. The molecule has 0 spiro atoms. The van der Waals surface area contributed by atoms with Crippen LogP contribution >= 0.6 is 15.9 Å². The fraction of sp³-hybridized carbons (Fsp3) is 0.545. The SMILES string of the molecule is CCC(Br)CCNc1nccn2c(C)nnc12. The van der Waals surface area contributed by atoms with Crippen LogP contribution in [0, 0.1) is 6.92 Å². The Balaban J connectivity index is 2.08. The topological polar surface area (TPSA) is 55.1 Å². The van der Waals surface area contributed by atoms with Gasteiger partial charge >= 0.3 is 0 Å². The Hall–Kier alpha value is -1.17. The maximum Gasteiger partial charge on any atom is 0.203 e. The van der Waals surface area contributed by atoms with Gasteiger partial charge in [0.1, 0.15) is 5.82 Å². The summed E-state index contributed by atoms with van der Waals surface area (Å²) in [5.74, 6) is 1.67. The molecule has 0 aromatic carbocycles. The molecule has 5 nitrogen and oxygen atoms in total. The fourth-order valence-corrected chi connectivity index (χ4v) is 1.85. The van der Waals surface area contributed by atoms with Gasteiger partial charge in [-0.3, -0.25) is 4.40 Å². The largest absolute Gasteiger partial charge is 0.367 e. The number of rotatable bonds is 5. The van der Waals surface area contributed by atoms with Crippen molar-refractivity contribution in [2.75, 3.05) is 11.9 Å². The van der Waals surface area contributed by atoms with Crippen molar-refractivity contribution >= 4 is 27.4 Å². The Labute approximate surface area is 109 Å². The molecule has 0 aliphatic carbocycles. The van der Waals surface area contributed by atoms with Gasteiger partial charge in [-0.1, -0.05) is 22.9 Å². The minimum Gasteiger partial charge on any atom is -0.367 e. The van der Waals surface area contributed by atoms with E-state index in [0.717, 1.165) is 36.7 Å². The summed E-state index contributed by atoms with van der Waals surface area (Å²) in [6.45, 7) is 4.97. The predicted octanol–water partition coefficient (Wildman–Crippen LogP) is 2.41. The molecule has 1 unspecified atom stereocenters. The van der Waals surface area contributed by atoms with E-state index in [1.165, 1.54) is 0 Å². The molecule has 0 radical (unpaired) electrons. The Morgan fingerprint density at radius 2 is 2.29 bits per heavy atom. The van der Waals surface area contributed by atoms with E-state index >= 15 is 0 Å². The van der Waals surface area contributed by atoms with Crippen molar-refractivity contribution in [2.24, 2.45) is 0 Å². The number of hydrogen-bond donors (Lipinski definition) is 1. The number of aromatic nitrogens is 4. The third-order valence-electron chi connectivity index (χ3n) is 2.69. The highest BCUT2D eigenvalue weighted by molar-refractivity contribution is 9.09. The first-order chi connectivity index (χ1) is 8.22. The minimum atomic E-state index is 0.550. The number of hydrogen-bond acceptors (Lipinski definition) is 4. The molecule has 0 bridgehead atoms. The second kappa shape index (κ2) is 5.44. The van der Waals surface area contributed by atoms with Crippen LogP contribution < -0.4 is 5.32 Å². The van der Waals surface area contributed by atoms with Crippen molar-refractivity contribution in [3.05, 3.63) is 18.2 Å². The van der Waals surface area contributed by atoms with Crippen molar-refractivity contribution in [1.29, 1.82) is 0 Å². The number of fused-ring (bicyclic) bond motifs is 1. The summed E-state index contributed by atoms with van der Waals surface area (Å²) in [5, 5.41) is 11.5. The Bertz CT molecular complexity index is 496. The number of alkyl halides is 1. The van der Waals surface area contributed by atoms with Crippen LogP contribution in [0.3, 0.4) is 0 Å². The van der Waals surface area contributed by atoms with E-state index < -0.39 is 0 Å². The highest BCUT2D eigenvalue weighted by atomic mass is 79.9. The minimum absolute atomic E-state index is 0.550. The zero-order chi connectivity index (χ0) is 12.3. The van der Waals surface area contributed by atoms with Gasteiger partial charge in [-0.15, -0.1) is 10.2 Å². The second-order valence-electron chi connectivity index (χ2n) is 3.94. The average Bonchev–Trinajstić information content (AvgIpc) is 2.72. The molecule has 6 heteroatoms. The highest BCUT2D eigenvalue weighted by Gasteiger charge is 2.07. The molecule has 17 heavy (non-hydrogen) atoms. The Morgan fingerprint density at radius 1 is 1.47 bits per heavy atom. The van der Waals surface area contributed by atoms with Gasteiger partial charge in [0.15, 0.2) is 5.82 Å². The second-order valence-corrected chi connectivity index (χ2v) is 5.23. The van der Waals surface area contributed by atoms with E-state index in [-0.39, 0.29) is 0 Å². The van der Waals surface area contributed by atoms with E-state index in [4.69, 9.17) is 0 Å². The van der Waals surface area contributed by atoms with Crippen LogP contribution in [0.25, 0.3) is 5.65 Å². The zero-order valence-corrected chi connectivity index (χ0v) is 11.6. The molecule has 0 aliphatic rings. The third kappa shape index (κ3) is 2.74. The van der Waals surface area contributed by atoms with Gasteiger partial charge in [-0.2, -0.15) is 0 Å². The van der Waals surface area contributed by atoms with Crippen LogP contribution in [-0.4, -0.2) is 31.0 Å². The molecule has 1 atom stereocenters. The van der Waals surface area contributed by atoms with Crippen LogP contribution in [0.15, 0.2) is 12.4 Å². The highest BCUT2D eigenvalue weighted by Crippen LogP contribution is 2.13. The van der Waals surface area contributed by atoms with Crippen molar-refractivity contribution in [3.63, 3.8) is 0 Å². The average molecular weight is 298 g/mol. The summed E-state index contributed by atoms with van der Waals surface area (Å²) in [4.78, 5) is 4.84. The Kier molecular flexibility index (Phi) is 3.93. The summed E-state index contributed by atoms with van der Waals surface area (Å²) in [7, 11) is 0. The number of nitrogens with zero attached hydrogens (tertiary/aromatic N) is 4. The molecule has 0 saturated carbocycles. The van der Waals surface area contributed by atoms with Gasteiger partial charge in [0, 0.05) is 23.8 Å². The van der Waals surface area contributed by atoms with Gasteiger partial charge in [-0.05, 0) is 19.8 Å². The first kappa shape index (κ1) is 12.3. The molecule has 92 valence electrons. The molecule has 1 N–H and O–H groups in total. The molecule has 2 aromatic rings. The number of halogens is 1. The molecule has 0 fully saturated rings. The lowest BCUT2D eigenvalue weighted by molar-refractivity contribution is 0.773. The molecule has 0 amide bonds. The van der Waals surface area contributed by atoms with Gasteiger partial charge in [0.2, 0.25) is 5.65 Å². The molecule has 2 rings (SSSR count). The monoisotopic (exact) mass is 297 g/mol. The third-order valence-corrected chi connectivity index (χ3v) is 3.80. The van der Waals surface area contributed by atoms with Crippen LogP contribution in [0.5, 0.6) is 0 Å². The predicted molar refractivity (Wildman–Crippen MR) is 71.6 cm³/mol. The normalized spacial score (nSPS) is 12.9. The summed E-state index contributed by atoms with van der Waals surface area (Å²) < 4.78 is 1.93. The lowest BCUT2D eigenvalue weighted by atomic mass is 10.2. The van der Waals surface area contributed by atoms with Gasteiger partial charge in [0.25, 0.3) is 0 Å². The van der Waals surface area contributed by atoms with Gasteiger partial charge in [-0.25, -0.2) is 4.98 Å². The van der Waals surface area contributed by atoms with Gasteiger partial charge in [0.05, 0.1) is 0 Å². The van der Waals surface area contributed by atoms with Crippen LogP contribution in [0.4, 0.5) is 5.82 Å². The van der Waals surface area contributed by atoms with E-state index in [0.29, 0.717) is 4.83 Å². The summed E-state index contributed by atoms with van der Waals surface area (Å²) >= 11 is 3.61. The molecular weight excluding hydrogens is 282 g/mol. The van der Waals surface area contributed by atoms with Gasteiger partial charge < -0.3 is 5.32 Å². The van der Waals surface area contributed by atoms with E-state index in [1.54, 1.807) is 6.20 Å². The first-order valence-electron chi connectivity index (χ1n) is 5.76. The number of nitrogens with one attached hydrogen (secondary N) is 1. The fourth-order valence-electron chi connectivity index (χ4n) is 1.62. The smallest absolute Gasteiger partial charge is 0.203 e. The lowest BCUT2D eigenvalue weighted by Crippen LogP contribution is -2.09. The summed E-state index contributed by atoms with van der Waals surface area (Å²) in [6.07, 6.45) is 5.82. The van der Waals surface area contributed by atoms with E-state index in [9.17, 15) is 0 Å². The zero-order valence-electron chi connectivity index (χ0n) is 10.0. The number of anilines is 1.